The summed E-state index contributed by atoms with van der Waals surface area (Å²) in [6.45, 7) is 7.26. The molecule has 228 valence electrons. The third kappa shape index (κ3) is 6.89. The number of hydrogen-bond acceptors (Lipinski definition) is 10. The van der Waals surface area contributed by atoms with Gasteiger partial charge in [-0.1, -0.05) is 67.0 Å². The first-order chi connectivity index (χ1) is 22.1. The summed E-state index contributed by atoms with van der Waals surface area (Å²) in [5.74, 6) is 3.21. The lowest BCUT2D eigenvalue weighted by Crippen LogP contribution is -2.04. The van der Waals surface area contributed by atoms with Gasteiger partial charge in [0.15, 0.2) is 5.82 Å². The molecule has 6 heterocycles. The van der Waals surface area contributed by atoms with Crippen molar-refractivity contribution in [1.82, 2.24) is 24.5 Å². The van der Waals surface area contributed by atoms with Gasteiger partial charge in [-0.25, -0.2) is 4.98 Å². The molecule has 2 aliphatic heterocycles. The lowest BCUT2D eigenvalue weighted by atomic mass is 10.1. The van der Waals surface area contributed by atoms with Gasteiger partial charge in [-0.15, -0.1) is 23.5 Å². The van der Waals surface area contributed by atoms with E-state index in [0.29, 0.717) is 6.54 Å². The minimum absolute atomic E-state index is 0.653. The van der Waals surface area contributed by atoms with Crippen LogP contribution < -0.4 is 0 Å². The molecule has 7 rings (SSSR count). The Hall–Kier alpha value is -2.28. The van der Waals surface area contributed by atoms with Crippen molar-refractivity contribution in [2.45, 2.75) is 49.9 Å². The van der Waals surface area contributed by atoms with E-state index in [4.69, 9.17) is 4.98 Å². The van der Waals surface area contributed by atoms with Gasteiger partial charge < -0.3 is 4.57 Å². The molecule has 1 aromatic carbocycles. The van der Waals surface area contributed by atoms with Gasteiger partial charge in [-0.3, -0.25) is 15.0 Å². The van der Waals surface area contributed by atoms with Crippen LogP contribution in [0.25, 0.3) is 33.9 Å². The minimum Gasteiger partial charge on any atom is -0.318 e. The molecular formula is C34H31N5S6. The highest BCUT2D eigenvalue weighted by Gasteiger charge is 2.30. The van der Waals surface area contributed by atoms with Gasteiger partial charge in [0.2, 0.25) is 0 Å². The Morgan fingerprint density at radius 3 is 2.04 bits per heavy atom. The van der Waals surface area contributed by atoms with Crippen molar-refractivity contribution >= 4 is 81.6 Å². The highest BCUT2D eigenvalue weighted by Crippen LogP contribution is 2.64. The molecule has 0 aliphatic carbocycles. The summed E-state index contributed by atoms with van der Waals surface area (Å²) >= 11 is 11.8. The van der Waals surface area contributed by atoms with Crippen LogP contribution in [0.3, 0.4) is 0 Å². The molecule has 0 bridgehead atoms. The lowest BCUT2D eigenvalue weighted by molar-refractivity contribution is 0.827. The van der Waals surface area contributed by atoms with Crippen molar-refractivity contribution in [3.05, 3.63) is 101 Å². The zero-order valence-electron chi connectivity index (χ0n) is 25.1. The first-order valence-electron chi connectivity index (χ1n) is 14.9. The highest BCUT2D eigenvalue weighted by atomic mass is 32.3. The molecule has 0 saturated heterocycles. The summed E-state index contributed by atoms with van der Waals surface area (Å²) in [7, 11) is 0. The largest absolute Gasteiger partial charge is 0.318 e. The number of benzene rings is 1. The standard InChI is InChI=1S/C34H31N5S6/c1-4-14-40-31-32(41-15-5-2)45-34(44-31)33-42-28-18-26-27(19-29(28)43-33)39(30(38-26)23-8-6-7-11-35-23)20-22-10-13-37-25(17-22)24-16-21(3)9-12-36-24/h6-13,16-19H,4-5,14-15,20H2,1-3H3. The maximum atomic E-state index is 5.17. The normalized spacial score (nSPS) is 14.6. The fraction of sp³-hybridized carbons (Fsp3) is 0.235. The van der Waals surface area contributed by atoms with Crippen LogP contribution in [0.5, 0.6) is 0 Å². The quantitative estimate of drug-likeness (QED) is 0.141. The summed E-state index contributed by atoms with van der Waals surface area (Å²) in [5.41, 5.74) is 7.04. The summed E-state index contributed by atoms with van der Waals surface area (Å²) in [6.07, 6.45) is 7.94. The minimum atomic E-state index is 0.653. The molecular weight excluding hydrogens is 671 g/mol. The zero-order valence-corrected chi connectivity index (χ0v) is 30.0. The molecule has 5 aromatic rings. The van der Waals surface area contributed by atoms with Gasteiger partial charge in [0.1, 0.15) is 5.69 Å². The van der Waals surface area contributed by atoms with E-state index in [-0.39, 0.29) is 0 Å². The van der Waals surface area contributed by atoms with E-state index in [1.165, 1.54) is 56.7 Å². The van der Waals surface area contributed by atoms with Crippen molar-refractivity contribution in [3.8, 4) is 22.9 Å². The van der Waals surface area contributed by atoms with Crippen LogP contribution in [0.1, 0.15) is 37.8 Å². The first kappa shape index (κ1) is 31.3. The fourth-order valence-corrected chi connectivity index (χ4v) is 13.5. The Morgan fingerprint density at radius 1 is 0.689 bits per heavy atom. The van der Waals surface area contributed by atoms with E-state index in [1.54, 1.807) is 0 Å². The van der Waals surface area contributed by atoms with E-state index in [9.17, 15) is 0 Å². The van der Waals surface area contributed by atoms with Crippen molar-refractivity contribution in [2.24, 2.45) is 0 Å². The molecule has 5 nitrogen and oxygen atoms in total. The van der Waals surface area contributed by atoms with Gasteiger partial charge in [0, 0.05) is 34.9 Å². The van der Waals surface area contributed by atoms with Crippen LogP contribution in [0.2, 0.25) is 0 Å². The Balaban J connectivity index is 1.23. The van der Waals surface area contributed by atoms with Crippen LogP contribution in [-0.2, 0) is 6.54 Å². The molecule has 0 atom stereocenters. The zero-order chi connectivity index (χ0) is 30.8. The van der Waals surface area contributed by atoms with Crippen LogP contribution in [-0.4, -0.2) is 36.0 Å². The molecule has 4 aromatic heterocycles. The number of imidazole rings is 1. The third-order valence-corrected chi connectivity index (χ3v) is 16.0. The number of rotatable bonds is 10. The number of aryl methyl sites for hydroxylation is 1. The first-order valence-corrected chi connectivity index (χ1v) is 20.1. The maximum Gasteiger partial charge on any atom is 0.160 e. The third-order valence-electron chi connectivity index (χ3n) is 7.03. The summed E-state index contributed by atoms with van der Waals surface area (Å²) < 4.78 is 8.07. The van der Waals surface area contributed by atoms with E-state index in [2.05, 4.69) is 70.6 Å². The lowest BCUT2D eigenvalue weighted by Gasteiger charge is -2.11. The van der Waals surface area contributed by atoms with Crippen LogP contribution in [0.15, 0.2) is 99.9 Å². The topological polar surface area (TPSA) is 56.5 Å². The number of fused-ring (bicyclic) bond motifs is 2. The summed E-state index contributed by atoms with van der Waals surface area (Å²) in [4.78, 5) is 21.6. The predicted molar refractivity (Wildman–Crippen MR) is 201 cm³/mol. The molecule has 0 saturated carbocycles. The Bertz CT molecular complexity index is 1910. The number of pyridine rings is 3. The highest BCUT2D eigenvalue weighted by molar-refractivity contribution is 8.42. The molecule has 0 amide bonds. The molecule has 0 radical (unpaired) electrons. The Labute approximate surface area is 289 Å². The van der Waals surface area contributed by atoms with Crippen molar-refractivity contribution in [3.63, 3.8) is 0 Å². The monoisotopic (exact) mass is 701 g/mol. The fourth-order valence-electron chi connectivity index (χ4n) is 4.94. The SMILES string of the molecule is CCCSC1=C(SCCC)SC(=C2Sc3cc4nc(-c5ccccn5)n(Cc5ccnc(-c6cc(C)ccn6)c5)c4cc3S2)S1. The Morgan fingerprint density at radius 2 is 1.36 bits per heavy atom. The van der Waals surface area contributed by atoms with E-state index in [0.717, 1.165) is 39.5 Å². The summed E-state index contributed by atoms with van der Waals surface area (Å²) in [5, 5.41) is 0. The second kappa shape index (κ2) is 14.2. The van der Waals surface area contributed by atoms with E-state index in [1.807, 2.05) is 113 Å². The predicted octanol–water partition coefficient (Wildman–Crippen LogP) is 11.1. The maximum absolute atomic E-state index is 5.17. The number of hydrogen-bond donors (Lipinski definition) is 0. The van der Waals surface area contributed by atoms with Crippen molar-refractivity contribution < 1.29 is 0 Å². The van der Waals surface area contributed by atoms with Gasteiger partial charge >= 0.3 is 0 Å². The van der Waals surface area contributed by atoms with Gasteiger partial charge in [0.05, 0.1) is 39.4 Å². The van der Waals surface area contributed by atoms with E-state index >= 15 is 0 Å². The molecule has 11 heteroatoms. The molecule has 0 spiro atoms. The average Bonchev–Trinajstić information content (AvgIpc) is 3.77. The number of aromatic nitrogens is 5. The van der Waals surface area contributed by atoms with Gasteiger partial charge in [0.25, 0.3) is 0 Å². The molecule has 45 heavy (non-hydrogen) atoms. The van der Waals surface area contributed by atoms with E-state index < -0.39 is 0 Å². The van der Waals surface area contributed by atoms with Crippen LogP contribution >= 0.6 is 70.6 Å². The molecule has 0 fully saturated rings. The summed E-state index contributed by atoms with van der Waals surface area (Å²) in [6, 6.07) is 18.9. The van der Waals surface area contributed by atoms with Crippen molar-refractivity contribution in [2.75, 3.05) is 11.5 Å². The second-order valence-corrected chi connectivity index (χ2v) is 17.9. The molecule has 0 unspecified atom stereocenters. The molecule has 0 N–H and O–H groups in total. The van der Waals surface area contributed by atoms with Gasteiger partial charge in [-0.05, 0) is 90.9 Å². The average molecular weight is 702 g/mol. The van der Waals surface area contributed by atoms with Crippen LogP contribution in [0.4, 0.5) is 0 Å². The van der Waals surface area contributed by atoms with Gasteiger partial charge in [-0.2, -0.15) is 0 Å². The van der Waals surface area contributed by atoms with Crippen LogP contribution in [0, 0.1) is 6.92 Å². The molecule has 2 aliphatic rings. The number of thioether (sulfide) groups is 6. The smallest absolute Gasteiger partial charge is 0.160 e. The number of nitrogens with zero attached hydrogens (tertiary/aromatic N) is 5. The second-order valence-electron chi connectivity index (χ2n) is 10.5. The Kier molecular flexibility index (Phi) is 9.91. The van der Waals surface area contributed by atoms with Crippen molar-refractivity contribution in [1.29, 1.82) is 0 Å².